The highest BCUT2D eigenvalue weighted by atomic mass is 35.5. The third-order valence-corrected chi connectivity index (χ3v) is 2.55. The van der Waals surface area contributed by atoms with Crippen molar-refractivity contribution in [3.8, 4) is 0 Å². The van der Waals surface area contributed by atoms with Crippen molar-refractivity contribution in [1.29, 1.82) is 0 Å². The Kier molecular flexibility index (Phi) is 6.39. The number of methoxy groups -OCH3 is 2. The Hall–Kier alpha value is -0.0500. The molecule has 78 valence electrons. The quantitative estimate of drug-likeness (QED) is 0.638. The van der Waals surface area contributed by atoms with E-state index in [-0.39, 0.29) is 5.41 Å². The fourth-order valence-corrected chi connectivity index (χ4v) is 1.71. The minimum Gasteiger partial charge on any atom is -0.384 e. The minimum absolute atomic E-state index is 0.222. The summed E-state index contributed by atoms with van der Waals surface area (Å²) in [5.74, 6) is 0. The van der Waals surface area contributed by atoms with E-state index in [1.165, 1.54) is 0 Å². The first kappa shape index (κ1) is 12.9. The second-order valence-electron chi connectivity index (χ2n) is 3.30. The molecular weight excluding hydrogens is 188 g/mol. The molecule has 0 heterocycles. The van der Waals surface area contributed by atoms with Gasteiger partial charge in [0.2, 0.25) is 0 Å². The minimum atomic E-state index is -0.222. The van der Waals surface area contributed by atoms with Crippen LogP contribution >= 0.6 is 11.6 Å². The van der Waals surface area contributed by atoms with Crippen LogP contribution in [0.5, 0.6) is 0 Å². The van der Waals surface area contributed by atoms with Crippen LogP contribution < -0.4 is 0 Å². The van der Waals surface area contributed by atoms with Crippen LogP contribution in [0.1, 0.15) is 19.8 Å². The molecule has 2 nitrogen and oxygen atoms in total. The average Bonchev–Trinajstić information content (AvgIpc) is 2.05. The van der Waals surface area contributed by atoms with Gasteiger partial charge >= 0.3 is 0 Å². The Morgan fingerprint density at radius 3 is 2.00 bits per heavy atom. The Bertz CT molecular complexity index is 140. The van der Waals surface area contributed by atoms with Crippen molar-refractivity contribution in [1.82, 2.24) is 0 Å². The predicted octanol–water partition coefficient (Wildman–Crippen LogP) is 2.82. The highest BCUT2D eigenvalue weighted by Gasteiger charge is 2.31. The van der Waals surface area contributed by atoms with Gasteiger partial charge in [-0.2, -0.15) is 0 Å². The highest BCUT2D eigenvalue weighted by Crippen LogP contribution is 2.34. The maximum atomic E-state index is 5.98. The number of halogens is 1. The smallest absolute Gasteiger partial charge is 0.0589 e. The van der Waals surface area contributed by atoms with Crippen molar-refractivity contribution >= 4 is 11.6 Å². The molecule has 0 bridgehead atoms. The van der Waals surface area contributed by atoms with Gasteiger partial charge < -0.3 is 9.47 Å². The maximum Gasteiger partial charge on any atom is 0.0589 e. The van der Waals surface area contributed by atoms with Crippen LogP contribution in [0.4, 0.5) is 0 Å². The third-order valence-electron chi connectivity index (χ3n) is 2.15. The number of hydrogen-bond acceptors (Lipinski definition) is 2. The summed E-state index contributed by atoms with van der Waals surface area (Å²) in [5.41, 5.74) is -0.222. The highest BCUT2D eigenvalue weighted by molar-refractivity contribution is 6.30. The van der Waals surface area contributed by atoms with Crippen LogP contribution in [0, 0.1) is 5.41 Å². The molecule has 0 spiro atoms. The summed E-state index contributed by atoms with van der Waals surface area (Å²) in [7, 11) is 3.33. The molecule has 0 saturated heterocycles. The van der Waals surface area contributed by atoms with Gasteiger partial charge in [-0.15, -0.1) is 0 Å². The van der Waals surface area contributed by atoms with E-state index in [0.29, 0.717) is 18.2 Å². The lowest BCUT2D eigenvalue weighted by Crippen LogP contribution is -2.31. The summed E-state index contributed by atoms with van der Waals surface area (Å²) in [6, 6.07) is 0. The first-order valence-corrected chi connectivity index (χ1v) is 4.83. The molecule has 3 heteroatoms. The van der Waals surface area contributed by atoms with E-state index >= 15 is 0 Å². The zero-order valence-electron chi connectivity index (χ0n) is 8.73. The normalized spacial score (nSPS) is 11.7. The molecule has 0 saturated carbocycles. The first-order chi connectivity index (χ1) is 6.13. The van der Waals surface area contributed by atoms with Gasteiger partial charge in [0.05, 0.1) is 18.6 Å². The molecule has 13 heavy (non-hydrogen) atoms. The van der Waals surface area contributed by atoms with Gasteiger partial charge in [0.15, 0.2) is 0 Å². The Balaban J connectivity index is 4.48. The fraction of sp³-hybridized carbons (Fsp3) is 0.800. The van der Waals surface area contributed by atoms with Crippen LogP contribution in [-0.4, -0.2) is 27.4 Å². The standard InChI is InChI=1S/C10H19ClO2/c1-5-6-10(7-12-3,8-13-4)9(2)11/h2,5-8H2,1,3-4H3. The van der Waals surface area contributed by atoms with Crippen LogP contribution in [0.15, 0.2) is 11.6 Å². The summed E-state index contributed by atoms with van der Waals surface area (Å²) in [4.78, 5) is 0. The second kappa shape index (κ2) is 6.41. The van der Waals surface area contributed by atoms with Crippen molar-refractivity contribution in [3.63, 3.8) is 0 Å². The first-order valence-electron chi connectivity index (χ1n) is 4.45. The van der Waals surface area contributed by atoms with E-state index in [1.807, 2.05) is 0 Å². The lowest BCUT2D eigenvalue weighted by molar-refractivity contribution is 0.0324. The van der Waals surface area contributed by atoms with Crippen LogP contribution in [0.3, 0.4) is 0 Å². The summed E-state index contributed by atoms with van der Waals surface area (Å²) in [5, 5.41) is 0.623. The van der Waals surface area contributed by atoms with E-state index in [4.69, 9.17) is 21.1 Å². The molecule has 0 radical (unpaired) electrons. The van der Waals surface area contributed by atoms with Gasteiger partial charge in [0.25, 0.3) is 0 Å². The van der Waals surface area contributed by atoms with Crippen molar-refractivity contribution in [2.75, 3.05) is 27.4 Å². The largest absolute Gasteiger partial charge is 0.384 e. The lowest BCUT2D eigenvalue weighted by Gasteiger charge is -2.31. The number of rotatable bonds is 7. The van der Waals surface area contributed by atoms with E-state index in [9.17, 15) is 0 Å². The van der Waals surface area contributed by atoms with Crippen LogP contribution in [0.2, 0.25) is 0 Å². The van der Waals surface area contributed by atoms with Gasteiger partial charge in [-0.05, 0) is 6.42 Å². The van der Waals surface area contributed by atoms with Crippen molar-refractivity contribution < 1.29 is 9.47 Å². The molecular formula is C10H19ClO2. The SMILES string of the molecule is C=C(Cl)C(CCC)(COC)COC. The predicted molar refractivity (Wildman–Crippen MR) is 56.1 cm³/mol. The van der Waals surface area contributed by atoms with Gasteiger partial charge in [-0.1, -0.05) is 31.5 Å². The summed E-state index contributed by atoms with van der Waals surface area (Å²) < 4.78 is 10.3. The third kappa shape index (κ3) is 3.67. The molecule has 0 unspecified atom stereocenters. The molecule has 0 rings (SSSR count). The second-order valence-corrected chi connectivity index (χ2v) is 3.76. The summed E-state index contributed by atoms with van der Waals surface area (Å²) in [6.45, 7) is 7.03. The fourth-order valence-electron chi connectivity index (χ4n) is 1.51. The Morgan fingerprint density at radius 2 is 1.77 bits per heavy atom. The molecule has 0 amide bonds. The zero-order chi connectivity index (χ0) is 10.3. The molecule has 0 aromatic carbocycles. The van der Waals surface area contributed by atoms with Gasteiger partial charge in [-0.3, -0.25) is 0 Å². The Morgan fingerprint density at radius 1 is 1.31 bits per heavy atom. The van der Waals surface area contributed by atoms with Gasteiger partial charge in [0, 0.05) is 19.3 Å². The molecule has 0 aliphatic rings. The summed E-state index contributed by atoms with van der Waals surface area (Å²) in [6.07, 6.45) is 1.98. The van der Waals surface area contributed by atoms with E-state index in [1.54, 1.807) is 14.2 Å². The van der Waals surface area contributed by atoms with E-state index in [2.05, 4.69) is 13.5 Å². The maximum absolute atomic E-state index is 5.98. The average molecular weight is 207 g/mol. The molecule has 0 fully saturated rings. The molecule has 0 atom stereocenters. The Labute approximate surface area is 85.9 Å². The monoisotopic (exact) mass is 206 g/mol. The molecule has 0 aromatic heterocycles. The summed E-state index contributed by atoms with van der Waals surface area (Å²) >= 11 is 5.98. The number of hydrogen-bond donors (Lipinski definition) is 0. The van der Waals surface area contributed by atoms with Crippen LogP contribution in [0.25, 0.3) is 0 Å². The van der Waals surface area contributed by atoms with Crippen LogP contribution in [-0.2, 0) is 9.47 Å². The van der Waals surface area contributed by atoms with Crippen molar-refractivity contribution in [3.05, 3.63) is 11.6 Å². The van der Waals surface area contributed by atoms with Crippen molar-refractivity contribution in [2.24, 2.45) is 5.41 Å². The number of ether oxygens (including phenoxy) is 2. The molecule has 0 aliphatic heterocycles. The van der Waals surface area contributed by atoms with E-state index < -0.39 is 0 Å². The van der Waals surface area contributed by atoms with Gasteiger partial charge in [-0.25, -0.2) is 0 Å². The molecule has 0 aliphatic carbocycles. The molecule has 0 aromatic rings. The topological polar surface area (TPSA) is 18.5 Å². The van der Waals surface area contributed by atoms with Crippen molar-refractivity contribution in [2.45, 2.75) is 19.8 Å². The molecule has 0 N–H and O–H groups in total. The van der Waals surface area contributed by atoms with Gasteiger partial charge in [0.1, 0.15) is 0 Å². The lowest BCUT2D eigenvalue weighted by atomic mass is 9.85. The zero-order valence-corrected chi connectivity index (χ0v) is 9.49. The van der Waals surface area contributed by atoms with E-state index in [0.717, 1.165) is 12.8 Å².